The monoisotopic (exact) mass is 530 g/mol. The summed E-state index contributed by atoms with van der Waals surface area (Å²) in [6.07, 6.45) is 7.47. The first kappa shape index (κ1) is 23.7. The molecule has 1 aromatic carbocycles. The number of aromatic nitrogens is 3. The third kappa shape index (κ3) is 5.99. The quantitative estimate of drug-likeness (QED) is 0.479. The fourth-order valence-electron chi connectivity index (χ4n) is 4.46. The first-order valence-electron chi connectivity index (χ1n) is 12.0. The Balaban J connectivity index is 1.40. The van der Waals surface area contributed by atoms with Gasteiger partial charge in [-0.2, -0.15) is 0 Å². The number of pyridine rings is 1. The predicted molar refractivity (Wildman–Crippen MR) is 139 cm³/mol. The van der Waals surface area contributed by atoms with Crippen molar-refractivity contribution in [2.45, 2.75) is 18.9 Å². The number of ether oxygens (including phenoxy) is 1. The van der Waals surface area contributed by atoms with E-state index in [0.29, 0.717) is 11.7 Å². The van der Waals surface area contributed by atoms with Gasteiger partial charge in [0.2, 0.25) is 0 Å². The summed E-state index contributed by atoms with van der Waals surface area (Å²) in [5.74, 6) is 0. The topological polar surface area (TPSA) is 90.2 Å². The molecule has 0 aliphatic carbocycles. The Bertz CT molecular complexity index is 1170. The molecule has 0 spiro atoms. The van der Waals surface area contributed by atoms with Crippen LogP contribution in [0.25, 0.3) is 11.1 Å². The van der Waals surface area contributed by atoms with Gasteiger partial charge < -0.3 is 0 Å². The van der Waals surface area contributed by atoms with Crippen LogP contribution in [0.4, 0.5) is 11.4 Å². The Morgan fingerprint density at radius 3 is 2.40 bits per heavy atom. The van der Waals surface area contributed by atoms with E-state index in [1.807, 2.05) is 12.3 Å². The number of nitrogens with one attached hydrogen (secondary N) is 1. The number of nitrogens with zero attached hydrogens (tertiary/aromatic N) is 6. The van der Waals surface area contributed by atoms with Crippen molar-refractivity contribution >= 4 is 36.1 Å². The third-order valence-corrected chi connectivity index (χ3v) is 8.46. The van der Waals surface area contributed by atoms with E-state index in [4.69, 9.17) is 15.0 Å². The summed E-state index contributed by atoms with van der Waals surface area (Å²) in [5, 5.41) is 12.8. The second kappa shape index (κ2) is 11.2. The standard InChI is InChI=1S/C26H29AsN7O/c1-33-8-6-20(7-9-33)32-24-14-25(27-26-18-29-21(15-28)16-30-26)31-17-23(24)19-2-4-22(5-3-19)34-10-12-35-13-11-34/h2-5,14,16-18,20H,6-13H2,1H3,(H,31,32). The fourth-order valence-corrected chi connectivity index (χ4v) is 6.08. The van der Waals surface area contributed by atoms with Gasteiger partial charge in [0, 0.05) is 0 Å². The van der Waals surface area contributed by atoms with Crippen molar-refractivity contribution in [1.29, 1.82) is 5.26 Å². The summed E-state index contributed by atoms with van der Waals surface area (Å²) in [6.45, 7) is 5.63. The van der Waals surface area contributed by atoms with Crippen LogP contribution in [0.1, 0.15) is 18.5 Å². The van der Waals surface area contributed by atoms with E-state index in [1.165, 1.54) is 11.9 Å². The Morgan fingerprint density at radius 1 is 0.971 bits per heavy atom. The van der Waals surface area contributed by atoms with Gasteiger partial charge in [-0.3, -0.25) is 0 Å². The Hall–Kier alpha value is -2.98. The first-order valence-corrected chi connectivity index (χ1v) is 13.9. The number of nitriles is 1. The molecule has 0 saturated carbocycles. The van der Waals surface area contributed by atoms with Crippen molar-refractivity contribution in [3.8, 4) is 17.2 Å². The van der Waals surface area contributed by atoms with Crippen molar-refractivity contribution in [2.75, 3.05) is 56.7 Å². The summed E-state index contributed by atoms with van der Waals surface area (Å²) in [5.41, 5.74) is 4.97. The normalized spacial score (nSPS) is 17.5. The van der Waals surface area contributed by atoms with E-state index in [9.17, 15) is 0 Å². The van der Waals surface area contributed by atoms with Crippen LogP contribution in [0.3, 0.4) is 0 Å². The number of likely N-dealkylation sites (tertiary alicyclic amines) is 1. The van der Waals surface area contributed by atoms with Crippen molar-refractivity contribution in [1.82, 2.24) is 19.9 Å². The molecule has 2 fully saturated rings. The Morgan fingerprint density at radius 2 is 1.71 bits per heavy atom. The molecule has 9 heteroatoms. The van der Waals surface area contributed by atoms with E-state index < -0.39 is 15.8 Å². The molecule has 2 aliphatic rings. The average Bonchev–Trinajstić information content (AvgIpc) is 2.91. The molecule has 0 amide bonds. The van der Waals surface area contributed by atoms with Gasteiger partial charge in [-0.25, -0.2) is 0 Å². The fraction of sp³-hybridized carbons (Fsp3) is 0.385. The number of benzene rings is 1. The molecule has 35 heavy (non-hydrogen) atoms. The molecule has 3 aromatic rings. The molecule has 4 heterocycles. The maximum absolute atomic E-state index is 8.98. The minimum atomic E-state index is -0.425. The van der Waals surface area contributed by atoms with Gasteiger partial charge in [0.1, 0.15) is 0 Å². The van der Waals surface area contributed by atoms with Gasteiger partial charge in [-0.15, -0.1) is 0 Å². The molecule has 2 saturated heterocycles. The van der Waals surface area contributed by atoms with Crippen LogP contribution in [0.5, 0.6) is 0 Å². The molecule has 0 bridgehead atoms. The summed E-state index contributed by atoms with van der Waals surface area (Å²) >= 11 is -0.425. The van der Waals surface area contributed by atoms with Crippen LogP contribution >= 0.6 is 0 Å². The number of hydrogen-bond donors (Lipinski definition) is 1. The number of morpholine rings is 1. The van der Waals surface area contributed by atoms with Gasteiger partial charge in [0.25, 0.3) is 0 Å². The second-order valence-corrected chi connectivity index (χ2v) is 11.3. The summed E-state index contributed by atoms with van der Waals surface area (Å²) in [4.78, 5) is 18.1. The van der Waals surface area contributed by atoms with E-state index in [0.717, 1.165) is 78.0 Å². The molecule has 8 nitrogen and oxygen atoms in total. The summed E-state index contributed by atoms with van der Waals surface area (Å²) in [6, 6.07) is 13.4. The number of rotatable bonds is 6. The molecule has 0 unspecified atom stereocenters. The summed E-state index contributed by atoms with van der Waals surface area (Å²) < 4.78 is 7.40. The van der Waals surface area contributed by atoms with Crippen LogP contribution in [0.2, 0.25) is 0 Å². The Labute approximate surface area is 213 Å². The molecular weight excluding hydrogens is 501 g/mol. The zero-order chi connectivity index (χ0) is 24.0. The molecule has 2 aromatic heterocycles. The van der Waals surface area contributed by atoms with E-state index in [-0.39, 0.29) is 0 Å². The zero-order valence-electron chi connectivity index (χ0n) is 19.9. The average molecular weight is 530 g/mol. The second-order valence-electron chi connectivity index (χ2n) is 8.94. The first-order chi connectivity index (χ1) is 17.2. The predicted octanol–water partition coefficient (Wildman–Crippen LogP) is 1.41. The molecule has 1 N–H and O–H groups in total. The van der Waals surface area contributed by atoms with Crippen molar-refractivity contribution in [3.05, 3.63) is 54.6 Å². The van der Waals surface area contributed by atoms with Crippen LogP contribution in [-0.4, -0.2) is 88.1 Å². The molecule has 2 aliphatic heterocycles. The molecule has 1 radical (unpaired) electrons. The van der Waals surface area contributed by atoms with Gasteiger partial charge in [0.15, 0.2) is 0 Å². The molecule has 0 atom stereocenters. The van der Waals surface area contributed by atoms with E-state index in [2.05, 4.69) is 62.5 Å². The number of anilines is 2. The van der Waals surface area contributed by atoms with E-state index in [1.54, 1.807) is 6.20 Å². The molecule has 179 valence electrons. The van der Waals surface area contributed by atoms with Crippen LogP contribution in [0, 0.1) is 11.3 Å². The zero-order valence-corrected chi connectivity index (χ0v) is 21.8. The third-order valence-electron chi connectivity index (χ3n) is 6.50. The van der Waals surface area contributed by atoms with Gasteiger partial charge in [0.05, 0.1) is 0 Å². The van der Waals surface area contributed by atoms with Crippen LogP contribution < -0.4 is 19.2 Å². The summed E-state index contributed by atoms with van der Waals surface area (Å²) in [7, 11) is 2.19. The van der Waals surface area contributed by atoms with Crippen molar-refractivity contribution in [3.63, 3.8) is 0 Å². The van der Waals surface area contributed by atoms with Crippen molar-refractivity contribution in [2.24, 2.45) is 0 Å². The Kier molecular flexibility index (Phi) is 7.58. The van der Waals surface area contributed by atoms with Gasteiger partial charge in [-0.1, -0.05) is 0 Å². The number of piperidine rings is 1. The van der Waals surface area contributed by atoms with Gasteiger partial charge in [-0.05, 0) is 0 Å². The molecule has 5 rings (SSSR count). The number of hydrogen-bond acceptors (Lipinski definition) is 8. The SMILES string of the molecule is CN1CCC(Nc2cc([As]c3cnc(C#N)cn3)ncc2-c2ccc(N3CCOCC3)cc2)CC1. The van der Waals surface area contributed by atoms with E-state index >= 15 is 0 Å². The maximum atomic E-state index is 8.98. The van der Waals surface area contributed by atoms with Crippen LogP contribution in [-0.2, 0) is 4.74 Å². The minimum absolute atomic E-state index is 0.336. The molecular formula is C26H29AsN7O. The van der Waals surface area contributed by atoms with Gasteiger partial charge >= 0.3 is 213 Å². The van der Waals surface area contributed by atoms with Crippen molar-refractivity contribution < 1.29 is 4.74 Å². The van der Waals surface area contributed by atoms with Crippen LogP contribution in [0.15, 0.2) is 48.9 Å².